The zero-order chi connectivity index (χ0) is 31.9. The summed E-state index contributed by atoms with van der Waals surface area (Å²) in [5.74, 6) is 2.46. The maximum Gasteiger partial charge on any atom is 0.160 e. The average Bonchev–Trinajstić information content (AvgIpc) is 3.17. The van der Waals surface area contributed by atoms with E-state index in [0.29, 0.717) is 5.82 Å². The quantitative estimate of drug-likeness (QED) is 0.193. The minimum Gasteiger partial charge on any atom is -0.457 e. The van der Waals surface area contributed by atoms with E-state index in [1.165, 1.54) is 11.1 Å². The van der Waals surface area contributed by atoms with Gasteiger partial charge in [-0.25, -0.2) is 9.97 Å². The number of para-hydroxylation sites is 3. The fraction of sp³-hybridized carbons (Fsp3) is 0.0222. The molecule has 0 aliphatic carbocycles. The number of nitrogens with zero attached hydrogens (tertiary/aromatic N) is 2. The number of fused-ring (bicyclic) bond motifs is 3. The summed E-state index contributed by atoms with van der Waals surface area (Å²) in [5.41, 5.74) is 10.3. The normalized spacial score (nSPS) is 12.9. The molecule has 1 aromatic heterocycles. The minimum atomic E-state index is -0.560. The monoisotopic (exact) mass is 614 g/mol. The molecule has 3 nitrogen and oxygen atoms in total. The van der Waals surface area contributed by atoms with Crippen molar-refractivity contribution in [2.75, 3.05) is 0 Å². The Hall–Kier alpha value is -6.32. The van der Waals surface area contributed by atoms with Crippen LogP contribution in [-0.4, -0.2) is 9.97 Å². The first-order valence-electron chi connectivity index (χ1n) is 16.2. The van der Waals surface area contributed by atoms with Crippen molar-refractivity contribution in [2.45, 2.75) is 5.41 Å². The number of hydrogen-bond donors (Lipinski definition) is 0. The lowest BCUT2D eigenvalue weighted by atomic mass is 9.63. The molecule has 3 heteroatoms. The first kappa shape index (κ1) is 27.9. The Balaban J connectivity index is 1.17. The summed E-state index contributed by atoms with van der Waals surface area (Å²) in [6.07, 6.45) is 0. The van der Waals surface area contributed by atoms with E-state index in [1.54, 1.807) is 0 Å². The molecule has 0 spiro atoms. The molecule has 0 bridgehead atoms. The van der Waals surface area contributed by atoms with Crippen LogP contribution in [0.25, 0.3) is 44.7 Å². The highest BCUT2D eigenvalue weighted by atomic mass is 16.5. The molecule has 226 valence electrons. The largest absolute Gasteiger partial charge is 0.457 e. The maximum atomic E-state index is 6.50. The Labute approximate surface area is 279 Å². The standard InChI is InChI=1S/C45H30N2O/c1-3-14-32(15-4-1)43-37-20-7-10-23-40(37)46-44(47-43)33-28-26-31(27-29-33)34-16-13-19-36(30-34)45(35-17-5-2-6-18-35)38-21-8-11-24-41(38)48-42-25-12-9-22-39(42)45/h1-30H. The third-order valence-electron chi connectivity index (χ3n) is 9.43. The summed E-state index contributed by atoms with van der Waals surface area (Å²) in [6, 6.07) is 63.7. The number of hydrogen-bond acceptors (Lipinski definition) is 3. The Kier molecular flexibility index (Phi) is 6.69. The highest BCUT2D eigenvalue weighted by Gasteiger charge is 2.45. The van der Waals surface area contributed by atoms with E-state index in [4.69, 9.17) is 14.7 Å². The highest BCUT2D eigenvalue weighted by Crippen LogP contribution is 2.55. The molecule has 0 unspecified atom stereocenters. The molecule has 0 N–H and O–H groups in total. The summed E-state index contributed by atoms with van der Waals surface area (Å²) < 4.78 is 6.50. The summed E-state index contributed by atoms with van der Waals surface area (Å²) in [4.78, 5) is 10.1. The van der Waals surface area contributed by atoms with Crippen molar-refractivity contribution in [3.63, 3.8) is 0 Å². The van der Waals surface area contributed by atoms with Crippen LogP contribution in [-0.2, 0) is 5.41 Å². The van der Waals surface area contributed by atoms with E-state index in [0.717, 1.165) is 61.5 Å². The van der Waals surface area contributed by atoms with E-state index in [1.807, 2.05) is 42.5 Å². The molecule has 0 atom stereocenters. The van der Waals surface area contributed by atoms with Crippen molar-refractivity contribution in [3.8, 4) is 45.3 Å². The molecule has 1 aliphatic rings. The van der Waals surface area contributed by atoms with Crippen LogP contribution in [0.3, 0.4) is 0 Å². The third-order valence-corrected chi connectivity index (χ3v) is 9.43. The van der Waals surface area contributed by atoms with E-state index in [-0.39, 0.29) is 0 Å². The van der Waals surface area contributed by atoms with Crippen molar-refractivity contribution in [1.82, 2.24) is 9.97 Å². The van der Waals surface area contributed by atoms with Gasteiger partial charge < -0.3 is 4.74 Å². The summed E-state index contributed by atoms with van der Waals surface area (Å²) >= 11 is 0. The van der Waals surface area contributed by atoms with Gasteiger partial charge in [0.15, 0.2) is 5.82 Å². The van der Waals surface area contributed by atoms with Crippen LogP contribution in [0.2, 0.25) is 0 Å². The number of benzene rings is 7. The fourth-order valence-corrected chi connectivity index (χ4v) is 7.24. The van der Waals surface area contributed by atoms with Crippen molar-refractivity contribution in [3.05, 3.63) is 204 Å². The summed E-state index contributed by atoms with van der Waals surface area (Å²) in [6.45, 7) is 0. The van der Waals surface area contributed by atoms with E-state index in [2.05, 4.69) is 140 Å². The molecule has 48 heavy (non-hydrogen) atoms. The van der Waals surface area contributed by atoms with Gasteiger partial charge in [-0.15, -0.1) is 0 Å². The van der Waals surface area contributed by atoms with Crippen molar-refractivity contribution >= 4 is 10.9 Å². The first-order valence-corrected chi connectivity index (χ1v) is 16.2. The number of rotatable bonds is 5. The maximum absolute atomic E-state index is 6.50. The first-order chi connectivity index (χ1) is 23.8. The zero-order valence-electron chi connectivity index (χ0n) is 26.1. The molecule has 2 heterocycles. The van der Waals surface area contributed by atoms with Gasteiger partial charge in [-0.3, -0.25) is 0 Å². The van der Waals surface area contributed by atoms with E-state index in [9.17, 15) is 0 Å². The Bertz CT molecular complexity index is 2370. The van der Waals surface area contributed by atoms with Gasteiger partial charge in [0.05, 0.1) is 16.6 Å². The van der Waals surface area contributed by atoms with Gasteiger partial charge in [-0.1, -0.05) is 158 Å². The summed E-state index contributed by atoms with van der Waals surface area (Å²) in [7, 11) is 0. The fourth-order valence-electron chi connectivity index (χ4n) is 7.24. The molecular weight excluding hydrogens is 585 g/mol. The molecule has 8 aromatic rings. The molecule has 0 fully saturated rings. The van der Waals surface area contributed by atoms with Crippen LogP contribution in [0.5, 0.6) is 11.5 Å². The average molecular weight is 615 g/mol. The Morgan fingerprint density at radius 3 is 1.69 bits per heavy atom. The molecule has 0 radical (unpaired) electrons. The van der Waals surface area contributed by atoms with Crippen LogP contribution >= 0.6 is 0 Å². The third kappa shape index (κ3) is 4.51. The number of aromatic nitrogens is 2. The lowest BCUT2D eigenvalue weighted by molar-refractivity contribution is 0.434. The van der Waals surface area contributed by atoms with Gasteiger partial charge in [0.25, 0.3) is 0 Å². The lowest BCUT2D eigenvalue weighted by Gasteiger charge is -2.41. The van der Waals surface area contributed by atoms with Crippen LogP contribution in [0.15, 0.2) is 182 Å². The zero-order valence-corrected chi connectivity index (χ0v) is 26.1. The molecule has 0 saturated heterocycles. The van der Waals surface area contributed by atoms with Crippen molar-refractivity contribution in [1.29, 1.82) is 0 Å². The smallest absolute Gasteiger partial charge is 0.160 e. The van der Waals surface area contributed by atoms with E-state index >= 15 is 0 Å². The molecule has 9 rings (SSSR count). The van der Waals surface area contributed by atoms with Gasteiger partial charge in [-0.2, -0.15) is 0 Å². The topological polar surface area (TPSA) is 35.0 Å². The van der Waals surface area contributed by atoms with Crippen molar-refractivity contribution < 1.29 is 4.74 Å². The molecule has 1 aliphatic heterocycles. The summed E-state index contributed by atoms with van der Waals surface area (Å²) in [5, 5.41) is 1.05. The van der Waals surface area contributed by atoms with Crippen molar-refractivity contribution in [2.24, 2.45) is 0 Å². The van der Waals surface area contributed by atoms with Gasteiger partial charge >= 0.3 is 0 Å². The predicted octanol–water partition coefficient (Wildman–Crippen LogP) is 11.1. The lowest BCUT2D eigenvalue weighted by Crippen LogP contribution is -2.34. The second kappa shape index (κ2) is 11.5. The van der Waals surface area contributed by atoms with Crippen LogP contribution in [0.1, 0.15) is 22.3 Å². The Morgan fingerprint density at radius 1 is 0.396 bits per heavy atom. The Morgan fingerprint density at radius 2 is 0.958 bits per heavy atom. The van der Waals surface area contributed by atoms with Gasteiger partial charge in [0.2, 0.25) is 0 Å². The number of ether oxygens (including phenoxy) is 1. The molecule has 7 aromatic carbocycles. The van der Waals surface area contributed by atoms with Gasteiger partial charge in [-0.05, 0) is 46.5 Å². The van der Waals surface area contributed by atoms with Crippen LogP contribution in [0.4, 0.5) is 0 Å². The predicted molar refractivity (Wildman–Crippen MR) is 194 cm³/mol. The molecule has 0 amide bonds. The molecule has 0 saturated carbocycles. The molecular formula is C45H30N2O. The van der Waals surface area contributed by atoms with Gasteiger partial charge in [0, 0.05) is 27.6 Å². The second-order valence-electron chi connectivity index (χ2n) is 12.1. The van der Waals surface area contributed by atoms with E-state index < -0.39 is 5.41 Å². The highest BCUT2D eigenvalue weighted by molar-refractivity contribution is 5.93. The van der Waals surface area contributed by atoms with Crippen LogP contribution in [0, 0.1) is 0 Å². The van der Waals surface area contributed by atoms with Crippen LogP contribution < -0.4 is 4.74 Å². The second-order valence-corrected chi connectivity index (χ2v) is 12.1. The minimum absolute atomic E-state index is 0.560. The SMILES string of the molecule is c1ccc(-c2nc(-c3ccc(-c4cccc(C5(c6ccccc6)c6ccccc6Oc6ccccc65)c4)cc3)nc3ccccc23)cc1. The van der Waals surface area contributed by atoms with Gasteiger partial charge in [0.1, 0.15) is 11.5 Å².